The Kier molecular flexibility index (Phi) is 6.60. The Labute approximate surface area is 192 Å². The lowest BCUT2D eigenvalue weighted by Gasteiger charge is -2.24. The highest BCUT2D eigenvalue weighted by atomic mass is 32.2. The molecule has 0 spiro atoms. The minimum absolute atomic E-state index is 0.0193. The lowest BCUT2D eigenvalue weighted by atomic mass is 10.1. The first-order valence-electron chi connectivity index (χ1n) is 10.7. The second-order valence-corrected chi connectivity index (χ2v) is 9.07. The van der Waals surface area contributed by atoms with E-state index in [0.717, 1.165) is 35.5 Å². The number of rotatable bonds is 6. The minimum Gasteiger partial charge on any atom is -0.328 e. The van der Waals surface area contributed by atoms with Gasteiger partial charge in [-0.3, -0.25) is 9.59 Å². The molecule has 0 saturated carbocycles. The van der Waals surface area contributed by atoms with Crippen molar-refractivity contribution in [1.82, 2.24) is 19.7 Å². The van der Waals surface area contributed by atoms with E-state index in [1.807, 2.05) is 78.9 Å². The molecule has 1 aromatic heterocycles. The maximum Gasteiger partial charge on any atom is 0.254 e. The van der Waals surface area contributed by atoms with Gasteiger partial charge in [-0.25, -0.2) is 0 Å². The van der Waals surface area contributed by atoms with E-state index in [9.17, 15) is 9.59 Å². The Morgan fingerprint density at radius 3 is 2.62 bits per heavy atom. The normalized spacial score (nSPS) is 15.7. The Bertz CT molecular complexity index is 1130. The van der Waals surface area contributed by atoms with Gasteiger partial charge < -0.3 is 14.8 Å². The number of aryl methyl sites for hydroxylation is 2. The van der Waals surface area contributed by atoms with Gasteiger partial charge in [0.05, 0.1) is 11.8 Å². The monoisotopic (exact) mass is 449 g/mol. The van der Waals surface area contributed by atoms with Crippen LogP contribution in [0, 0.1) is 13.8 Å². The third-order valence-electron chi connectivity index (χ3n) is 5.61. The van der Waals surface area contributed by atoms with Crippen LogP contribution in [0.25, 0.3) is 0 Å². The highest BCUT2D eigenvalue weighted by molar-refractivity contribution is 7.99. The second kappa shape index (κ2) is 9.56. The molecule has 166 valence electrons. The van der Waals surface area contributed by atoms with E-state index < -0.39 is 0 Å². The molecule has 2 amide bonds. The molecule has 0 bridgehead atoms. The van der Waals surface area contributed by atoms with Gasteiger partial charge in [-0.05, 0) is 51.0 Å². The van der Waals surface area contributed by atoms with E-state index in [4.69, 9.17) is 0 Å². The van der Waals surface area contributed by atoms with Gasteiger partial charge in [0.2, 0.25) is 5.91 Å². The Morgan fingerprint density at radius 1 is 1.09 bits per heavy atom. The third kappa shape index (κ3) is 4.85. The zero-order valence-electron chi connectivity index (χ0n) is 18.5. The van der Waals surface area contributed by atoms with Crippen LogP contribution >= 0.6 is 11.8 Å². The topological polar surface area (TPSA) is 80.1 Å². The maximum absolute atomic E-state index is 13.1. The van der Waals surface area contributed by atoms with E-state index in [2.05, 4.69) is 15.5 Å². The van der Waals surface area contributed by atoms with Crippen molar-refractivity contribution in [2.75, 3.05) is 17.6 Å². The van der Waals surface area contributed by atoms with Gasteiger partial charge in [0, 0.05) is 24.8 Å². The van der Waals surface area contributed by atoms with Gasteiger partial charge in [-0.15, -0.1) is 10.2 Å². The average molecular weight is 450 g/mol. The van der Waals surface area contributed by atoms with Crippen molar-refractivity contribution in [3.05, 3.63) is 71.0 Å². The summed E-state index contributed by atoms with van der Waals surface area (Å²) in [5, 5.41) is 12.2. The SMILES string of the molecule is Cc1ccc(NC(=O)CSc2nnc(C3CCCN3C(=O)c3cccc(C)c3)n2C)cc1. The van der Waals surface area contributed by atoms with Crippen LogP contribution in [0.5, 0.6) is 0 Å². The predicted molar refractivity (Wildman–Crippen MR) is 126 cm³/mol. The first-order valence-corrected chi connectivity index (χ1v) is 11.7. The zero-order chi connectivity index (χ0) is 22.7. The molecule has 1 saturated heterocycles. The van der Waals surface area contributed by atoms with Crippen LogP contribution in [-0.2, 0) is 11.8 Å². The number of thioether (sulfide) groups is 1. The summed E-state index contributed by atoms with van der Waals surface area (Å²) in [6.45, 7) is 4.69. The van der Waals surface area contributed by atoms with Crippen LogP contribution < -0.4 is 5.32 Å². The number of hydrogen-bond acceptors (Lipinski definition) is 5. The number of amides is 2. The summed E-state index contributed by atoms with van der Waals surface area (Å²) in [7, 11) is 1.89. The fourth-order valence-corrected chi connectivity index (χ4v) is 4.65. The van der Waals surface area contributed by atoms with Crippen molar-refractivity contribution in [1.29, 1.82) is 0 Å². The Balaban J connectivity index is 1.42. The number of carbonyl (C=O) groups excluding carboxylic acids is 2. The van der Waals surface area contributed by atoms with Crippen molar-refractivity contribution >= 4 is 29.3 Å². The molecule has 8 heteroatoms. The Morgan fingerprint density at radius 2 is 1.88 bits per heavy atom. The number of carbonyl (C=O) groups is 2. The van der Waals surface area contributed by atoms with Crippen LogP contribution in [-0.4, -0.2) is 43.8 Å². The molecular weight excluding hydrogens is 422 g/mol. The van der Waals surface area contributed by atoms with Crippen LogP contribution in [0.4, 0.5) is 5.69 Å². The number of aromatic nitrogens is 3. The first kappa shape index (κ1) is 22.1. The molecule has 1 aliphatic heterocycles. The first-order chi connectivity index (χ1) is 15.4. The van der Waals surface area contributed by atoms with E-state index >= 15 is 0 Å². The molecule has 4 rings (SSSR count). The van der Waals surface area contributed by atoms with Crippen molar-refractivity contribution in [2.24, 2.45) is 7.05 Å². The average Bonchev–Trinajstić information content (AvgIpc) is 3.40. The number of nitrogens with zero attached hydrogens (tertiary/aromatic N) is 4. The molecule has 2 aromatic carbocycles. The molecule has 1 fully saturated rings. The van der Waals surface area contributed by atoms with E-state index in [0.29, 0.717) is 17.3 Å². The summed E-state index contributed by atoms with van der Waals surface area (Å²) >= 11 is 1.34. The van der Waals surface area contributed by atoms with Gasteiger partial charge >= 0.3 is 0 Å². The van der Waals surface area contributed by atoms with Gasteiger partial charge in [-0.1, -0.05) is 47.2 Å². The lowest BCUT2D eigenvalue weighted by molar-refractivity contribution is -0.113. The van der Waals surface area contributed by atoms with Crippen molar-refractivity contribution in [2.45, 2.75) is 37.9 Å². The lowest BCUT2D eigenvalue weighted by Crippen LogP contribution is -2.32. The molecule has 1 atom stereocenters. The maximum atomic E-state index is 13.1. The van der Waals surface area contributed by atoms with E-state index in [1.165, 1.54) is 11.8 Å². The molecule has 3 aromatic rings. The molecule has 1 aliphatic rings. The number of benzene rings is 2. The van der Waals surface area contributed by atoms with Gasteiger partial charge in [-0.2, -0.15) is 0 Å². The minimum atomic E-state index is -0.115. The van der Waals surface area contributed by atoms with Gasteiger partial charge in [0.25, 0.3) is 5.91 Å². The molecule has 0 aliphatic carbocycles. The smallest absolute Gasteiger partial charge is 0.254 e. The standard InChI is InChI=1S/C24H27N5O2S/c1-16-9-11-19(12-10-16)25-21(30)15-32-24-27-26-22(28(24)3)20-8-5-13-29(20)23(31)18-7-4-6-17(2)14-18/h4,6-7,9-12,14,20H,5,8,13,15H2,1-3H3,(H,25,30). The highest BCUT2D eigenvalue weighted by Gasteiger charge is 2.34. The molecule has 2 heterocycles. The molecule has 1 unspecified atom stereocenters. The number of nitrogens with one attached hydrogen (secondary N) is 1. The molecule has 32 heavy (non-hydrogen) atoms. The quantitative estimate of drug-likeness (QED) is 0.572. The van der Waals surface area contributed by atoms with E-state index in [-0.39, 0.29) is 23.6 Å². The summed E-state index contributed by atoms with van der Waals surface area (Å²) in [5.74, 6) is 0.910. The largest absolute Gasteiger partial charge is 0.328 e. The molecule has 1 N–H and O–H groups in total. The molecule has 0 radical (unpaired) electrons. The third-order valence-corrected chi connectivity index (χ3v) is 6.63. The summed E-state index contributed by atoms with van der Waals surface area (Å²) in [5.41, 5.74) is 3.68. The highest BCUT2D eigenvalue weighted by Crippen LogP contribution is 2.33. The van der Waals surface area contributed by atoms with Crippen molar-refractivity contribution in [3.63, 3.8) is 0 Å². The van der Waals surface area contributed by atoms with E-state index in [1.54, 1.807) is 0 Å². The predicted octanol–water partition coefficient (Wildman–Crippen LogP) is 4.14. The zero-order valence-corrected chi connectivity index (χ0v) is 19.4. The fraction of sp³-hybridized carbons (Fsp3) is 0.333. The van der Waals surface area contributed by atoms with Crippen LogP contribution in [0.15, 0.2) is 53.7 Å². The van der Waals surface area contributed by atoms with Crippen molar-refractivity contribution in [3.8, 4) is 0 Å². The van der Waals surface area contributed by atoms with Crippen LogP contribution in [0.3, 0.4) is 0 Å². The number of anilines is 1. The van der Waals surface area contributed by atoms with Crippen LogP contribution in [0.2, 0.25) is 0 Å². The van der Waals surface area contributed by atoms with Crippen LogP contribution in [0.1, 0.15) is 46.2 Å². The molecule has 7 nitrogen and oxygen atoms in total. The summed E-state index contributed by atoms with van der Waals surface area (Å²) in [6, 6.07) is 15.3. The van der Waals surface area contributed by atoms with Crippen molar-refractivity contribution < 1.29 is 9.59 Å². The second-order valence-electron chi connectivity index (χ2n) is 8.13. The number of hydrogen-bond donors (Lipinski definition) is 1. The van der Waals surface area contributed by atoms with Gasteiger partial charge in [0.1, 0.15) is 0 Å². The summed E-state index contributed by atoms with van der Waals surface area (Å²) in [6.07, 6.45) is 1.78. The Hall–Kier alpha value is -3.13. The summed E-state index contributed by atoms with van der Waals surface area (Å²) in [4.78, 5) is 27.3. The number of likely N-dealkylation sites (tertiary alicyclic amines) is 1. The fourth-order valence-electron chi connectivity index (χ4n) is 3.93. The summed E-state index contributed by atoms with van der Waals surface area (Å²) < 4.78 is 1.90. The van der Waals surface area contributed by atoms with Gasteiger partial charge in [0.15, 0.2) is 11.0 Å². The molecular formula is C24H27N5O2S.